The third-order valence-corrected chi connectivity index (χ3v) is 6.47. The molecular weight excluding hydrogens is 346 g/mol. The number of rotatable bonds is 3. The average molecular weight is 374 g/mol. The molecule has 2 aliphatic heterocycles. The van der Waals surface area contributed by atoms with E-state index in [2.05, 4.69) is 28.7 Å². The highest BCUT2D eigenvalue weighted by Gasteiger charge is 2.28. The van der Waals surface area contributed by atoms with E-state index in [1.807, 2.05) is 27.3 Å². The van der Waals surface area contributed by atoms with E-state index < -0.39 is 0 Å². The van der Waals surface area contributed by atoms with Crippen molar-refractivity contribution >= 4 is 28.8 Å². The fourth-order valence-electron chi connectivity index (χ4n) is 3.97. The number of thioether (sulfide) groups is 1. The quantitative estimate of drug-likeness (QED) is 0.828. The first-order valence-corrected chi connectivity index (χ1v) is 10.7. The van der Waals surface area contributed by atoms with Gasteiger partial charge < -0.3 is 9.47 Å². The number of hydrogen-bond acceptors (Lipinski definition) is 5. The lowest BCUT2D eigenvalue weighted by molar-refractivity contribution is 0.0630. The highest BCUT2D eigenvalue weighted by Crippen LogP contribution is 2.22. The molecule has 0 aromatic carbocycles. The van der Waals surface area contributed by atoms with Gasteiger partial charge in [-0.05, 0) is 32.8 Å². The van der Waals surface area contributed by atoms with E-state index in [9.17, 15) is 4.79 Å². The summed E-state index contributed by atoms with van der Waals surface area (Å²) in [6.45, 7) is 8.28. The number of pyridine rings is 1. The molecule has 0 radical (unpaired) electrons. The Kier molecular flexibility index (Phi) is 5.18. The number of carbonyl (C=O) groups is 1. The van der Waals surface area contributed by atoms with E-state index in [0.717, 1.165) is 37.1 Å². The summed E-state index contributed by atoms with van der Waals surface area (Å²) < 4.78 is 2.03. The van der Waals surface area contributed by atoms with Crippen molar-refractivity contribution in [3.05, 3.63) is 24.2 Å². The Morgan fingerprint density at radius 3 is 2.58 bits per heavy atom. The van der Waals surface area contributed by atoms with Crippen LogP contribution in [0.15, 0.2) is 18.6 Å². The van der Waals surface area contributed by atoms with Crippen molar-refractivity contribution in [3.63, 3.8) is 0 Å². The molecular formula is C19H27N5OS. The molecule has 2 saturated heterocycles. The zero-order chi connectivity index (χ0) is 18.1. The Hall–Kier alpha value is -1.60. The molecule has 0 aliphatic carbocycles. The summed E-state index contributed by atoms with van der Waals surface area (Å²) in [7, 11) is 0. The fraction of sp³-hybridized carbons (Fsp3) is 0.632. The van der Waals surface area contributed by atoms with E-state index in [4.69, 9.17) is 0 Å². The van der Waals surface area contributed by atoms with E-state index in [1.165, 1.54) is 24.6 Å². The standard InChI is InChI=1S/C19H27N5OS/c1-14(2)24-13-21-17-11-15(12-20-18(17)24)19(25)23-5-3-16(4-6-23)22-7-9-26-10-8-22/h11-14,16H,3-10H2,1-2H3. The molecule has 7 heteroatoms. The number of nitrogens with zero attached hydrogens (tertiary/aromatic N) is 5. The topological polar surface area (TPSA) is 54.3 Å². The second-order valence-corrected chi connectivity index (χ2v) is 8.71. The predicted molar refractivity (Wildman–Crippen MR) is 106 cm³/mol. The van der Waals surface area contributed by atoms with Crippen molar-refractivity contribution in [2.45, 2.75) is 38.8 Å². The number of likely N-dealkylation sites (tertiary alicyclic amines) is 1. The molecule has 2 aliphatic rings. The molecule has 0 atom stereocenters. The normalized spacial score (nSPS) is 20.2. The number of aromatic nitrogens is 3. The van der Waals surface area contributed by atoms with Crippen LogP contribution in [0.2, 0.25) is 0 Å². The van der Waals surface area contributed by atoms with Crippen LogP contribution in [-0.2, 0) is 0 Å². The van der Waals surface area contributed by atoms with Crippen molar-refractivity contribution < 1.29 is 4.79 Å². The van der Waals surface area contributed by atoms with Crippen LogP contribution in [0.4, 0.5) is 0 Å². The van der Waals surface area contributed by atoms with Crippen LogP contribution in [0.3, 0.4) is 0 Å². The van der Waals surface area contributed by atoms with Crippen LogP contribution in [0.25, 0.3) is 11.2 Å². The molecule has 0 spiro atoms. The summed E-state index contributed by atoms with van der Waals surface area (Å²) in [5.41, 5.74) is 2.29. The molecule has 0 N–H and O–H groups in total. The number of imidazole rings is 1. The predicted octanol–water partition coefficient (Wildman–Crippen LogP) is 2.67. The number of piperidine rings is 1. The van der Waals surface area contributed by atoms with Crippen molar-refractivity contribution in [2.24, 2.45) is 0 Å². The van der Waals surface area contributed by atoms with Gasteiger partial charge in [-0.1, -0.05) is 0 Å². The van der Waals surface area contributed by atoms with Gasteiger partial charge in [0.25, 0.3) is 5.91 Å². The van der Waals surface area contributed by atoms with E-state index >= 15 is 0 Å². The third kappa shape index (κ3) is 3.47. The van der Waals surface area contributed by atoms with Crippen LogP contribution >= 0.6 is 11.8 Å². The van der Waals surface area contributed by atoms with E-state index in [-0.39, 0.29) is 5.91 Å². The molecule has 2 aromatic heterocycles. The smallest absolute Gasteiger partial charge is 0.255 e. The Labute approximate surface area is 159 Å². The summed E-state index contributed by atoms with van der Waals surface area (Å²) in [6.07, 6.45) is 5.67. The molecule has 0 saturated carbocycles. The summed E-state index contributed by atoms with van der Waals surface area (Å²) in [5, 5.41) is 0. The maximum absolute atomic E-state index is 12.9. The van der Waals surface area contributed by atoms with Gasteiger partial charge in [0.05, 0.1) is 11.9 Å². The Balaban J connectivity index is 1.42. The summed E-state index contributed by atoms with van der Waals surface area (Å²) in [6, 6.07) is 2.83. The lowest BCUT2D eigenvalue weighted by Gasteiger charge is -2.40. The Bertz CT molecular complexity index is 775. The maximum Gasteiger partial charge on any atom is 0.255 e. The molecule has 140 valence electrons. The Morgan fingerprint density at radius 2 is 1.88 bits per heavy atom. The minimum absolute atomic E-state index is 0.0890. The molecule has 2 aromatic rings. The number of amides is 1. The summed E-state index contributed by atoms with van der Waals surface area (Å²) in [5.74, 6) is 2.58. The summed E-state index contributed by atoms with van der Waals surface area (Å²) >= 11 is 2.05. The van der Waals surface area contributed by atoms with Crippen molar-refractivity contribution in [1.82, 2.24) is 24.3 Å². The average Bonchev–Trinajstić information content (AvgIpc) is 3.12. The van der Waals surface area contributed by atoms with Crippen LogP contribution in [0.5, 0.6) is 0 Å². The molecule has 0 unspecified atom stereocenters. The first-order chi connectivity index (χ1) is 12.6. The number of fused-ring (bicyclic) bond motifs is 1. The van der Waals surface area contributed by atoms with Gasteiger partial charge in [-0.15, -0.1) is 0 Å². The zero-order valence-electron chi connectivity index (χ0n) is 15.6. The molecule has 1 amide bonds. The van der Waals surface area contributed by atoms with Gasteiger partial charge in [-0.25, -0.2) is 9.97 Å². The number of carbonyl (C=O) groups excluding carboxylic acids is 1. The molecule has 26 heavy (non-hydrogen) atoms. The van der Waals surface area contributed by atoms with Crippen LogP contribution < -0.4 is 0 Å². The van der Waals surface area contributed by atoms with Gasteiger partial charge in [0, 0.05) is 56.0 Å². The zero-order valence-corrected chi connectivity index (χ0v) is 16.4. The van der Waals surface area contributed by atoms with Crippen LogP contribution in [-0.4, -0.2) is 74.0 Å². The van der Waals surface area contributed by atoms with E-state index in [0.29, 0.717) is 17.6 Å². The van der Waals surface area contributed by atoms with Gasteiger partial charge in [0.1, 0.15) is 5.52 Å². The third-order valence-electron chi connectivity index (χ3n) is 5.53. The molecule has 4 rings (SSSR count). The molecule has 2 fully saturated rings. The molecule has 0 bridgehead atoms. The lowest BCUT2D eigenvalue weighted by atomic mass is 10.0. The fourth-order valence-corrected chi connectivity index (χ4v) is 4.90. The largest absolute Gasteiger partial charge is 0.338 e. The van der Waals surface area contributed by atoms with Crippen molar-refractivity contribution in [1.29, 1.82) is 0 Å². The van der Waals surface area contributed by atoms with Gasteiger partial charge in [-0.3, -0.25) is 9.69 Å². The highest BCUT2D eigenvalue weighted by atomic mass is 32.2. The highest BCUT2D eigenvalue weighted by molar-refractivity contribution is 7.99. The van der Waals surface area contributed by atoms with Gasteiger partial charge >= 0.3 is 0 Å². The Morgan fingerprint density at radius 1 is 1.15 bits per heavy atom. The minimum atomic E-state index is 0.0890. The molecule has 6 nitrogen and oxygen atoms in total. The van der Waals surface area contributed by atoms with Gasteiger partial charge in [-0.2, -0.15) is 11.8 Å². The van der Waals surface area contributed by atoms with Gasteiger partial charge in [0.2, 0.25) is 0 Å². The second-order valence-electron chi connectivity index (χ2n) is 7.48. The van der Waals surface area contributed by atoms with Crippen molar-refractivity contribution in [2.75, 3.05) is 37.7 Å². The maximum atomic E-state index is 12.9. The number of hydrogen-bond donors (Lipinski definition) is 0. The monoisotopic (exact) mass is 373 g/mol. The first-order valence-electron chi connectivity index (χ1n) is 9.57. The second kappa shape index (κ2) is 7.56. The van der Waals surface area contributed by atoms with Crippen LogP contribution in [0.1, 0.15) is 43.1 Å². The van der Waals surface area contributed by atoms with Gasteiger partial charge in [0.15, 0.2) is 5.65 Å². The van der Waals surface area contributed by atoms with Crippen molar-refractivity contribution in [3.8, 4) is 0 Å². The lowest BCUT2D eigenvalue weighted by Crippen LogP contribution is -2.49. The van der Waals surface area contributed by atoms with Crippen LogP contribution in [0, 0.1) is 0 Å². The minimum Gasteiger partial charge on any atom is -0.338 e. The summed E-state index contributed by atoms with van der Waals surface area (Å²) in [4.78, 5) is 26.4. The first kappa shape index (κ1) is 17.8. The SMILES string of the molecule is CC(C)n1cnc2cc(C(=O)N3CCC(N4CCSCC4)CC3)cnc21. The molecule has 4 heterocycles. The van der Waals surface area contributed by atoms with E-state index in [1.54, 1.807) is 12.5 Å².